The highest BCUT2D eigenvalue weighted by molar-refractivity contribution is 6.64. The number of benzene rings is 1. The molecule has 1 aliphatic heterocycles. The molecule has 0 unspecified atom stereocenters. The van der Waals surface area contributed by atoms with Crippen molar-refractivity contribution < 1.29 is 13.7 Å². The number of oxazole rings is 1. The van der Waals surface area contributed by atoms with Gasteiger partial charge in [0.15, 0.2) is 11.5 Å². The van der Waals surface area contributed by atoms with Crippen LogP contribution in [0, 0.1) is 6.92 Å². The molecular formula is C14H18BNO3. The Bertz CT molecular complexity index is 617. The summed E-state index contributed by atoms with van der Waals surface area (Å²) in [5.41, 5.74) is 1.81. The standard InChI is InChI=1S/C14H18BNO3/c1-9-16-12-10(7-6-8-11(12)17-9)15-18-13(2,3)14(4,5)19-15/h6-8H,1-5H3. The molecule has 100 valence electrons. The van der Waals surface area contributed by atoms with E-state index in [0.29, 0.717) is 5.89 Å². The molecule has 3 rings (SSSR count). The number of rotatable bonds is 1. The molecule has 4 nitrogen and oxygen atoms in total. The van der Waals surface area contributed by atoms with Crippen molar-refractivity contribution in [3.63, 3.8) is 0 Å². The molecule has 1 saturated heterocycles. The molecule has 1 fully saturated rings. The van der Waals surface area contributed by atoms with E-state index in [-0.39, 0.29) is 11.2 Å². The van der Waals surface area contributed by atoms with E-state index in [1.165, 1.54) is 0 Å². The molecule has 2 heterocycles. The lowest BCUT2D eigenvalue weighted by Gasteiger charge is -2.32. The van der Waals surface area contributed by atoms with E-state index in [1.807, 2.05) is 52.8 Å². The van der Waals surface area contributed by atoms with E-state index >= 15 is 0 Å². The highest BCUT2D eigenvalue weighted by atomic mass is 16.7. The molecular weight excluding hydrogens is 241 g/mol. The first kappa shape index (κ1) is 12.7. The molecule has 0 N–H and O–H groups in total. The molecule has 0 atom stereocenters. The third-order valence-electron chi connectivity index (χ3n) is 4.06. The maximum absolute atomic E-state index is 6.06. The van der Waals surface area contributed by atoms with E-state index in [1.54, 1.807) is 0 Å². The molecule has 0 saturated carbocycles. The summed E-state index contributed by atoms with van der Waals surface area (Å²) in [6.45, 7) is 10.0. The Morgan fingerprint density at radius 1 is 1.05 bits per heavy atom. The second-order valence-electron chi connectivity index (χ2n) is 6.02. The highest BCUT2D eigenvalue weighted by Crippen LogP contribution is 2.36. The first-order valence-corrected chi connectivity index (χ1v) is 6.52. The Kier molecular flexibility index (Phi) is 2.56. The number of hydrogen-bond acceptors (Lipinski definition) is 4. The lowest BCUT2D eigenvalue weighted by Crippen LogP contribution is -2.41. The Morgan fingerprint density at radius 2 is 1.68 bits per heavy atom. The number of aromatic nitrogens is 1. The highest BCUT2D eigenvalue weighted by Gasteiger charge is 2.52. The second kappa shape index (κ2) is 3.84. The van der Waals surface area contributed by atoms with Crippen LogP contribution in [0.5, 0.6) is 0 Å². The van der Waals surface area contributed by atoms with Gasteiger partial charge in [0.05, 0.1) is 11.2 Å². The largest absolute Gasteiger partial charge is 0.497 e. The summed E-state index contributed by atoms with van der Waals surface area (Å²) in [6.07, 6.45) is 0. The first-order chi connectivity index (χ1) is 8.80. The van der Waals surface area contributed by atoms with Crippen LogP contribution in [-0.2, 0) is 9.31 Å². The van der Waals surface area contributed by atoms with Gasteiger partial charge in [-0.15, -0.1) is 0 Å². The number of aryl methyl sites for hydroxylation is 1. The average molecular weight is 259 g/mol. The monoisotopic (exact) mass is 259 g/mol. The van der Waals surface area contributed by atoms with Crippen LogP contribution in [0.15, 0.2) is 22.6 Å². The molecule has 0 aliphatic carbocycles. The van der Waals surface area contributed by atoms with Crippen molar-refractivity contribution in [3.8, 4) is 0 Å². The van der Waals surface area contributed by atoms with Crippen LogP contribution in [0.1, 0.15) is 33.6 Å². The fourth-order valence-electron chi connectivity index (χ4n) is 2.24. The number of fused-ring (bicyclic) bond motifs is 1. The Balaban J connectivity index is 2.07. The van der Waals surface area contributed by atoms with Gasteiger partial charge in [0.2, 0.25) is 0 Å². The fraction of sp³-hybridized carbons (Fsp3) is 0.500. The Hall–Kier alpha value is -1.33. The SMILES string of the molecule is Cc1nc2c(B3OC(C)(C)C(C)(C)O3)cccc2o1. The average Bonchev–Trinajstić information content (AvgIpc) is 2.75. The van der Waals surface area contributed by atoms with E-state index in [0.717, 1.165) is 16.6 Å². The number of nitrogens with zero attached hydrogens (tertiary/aromatic N) is 1. The molecule has 0 amide bonds. The molecule has 19 heavy (non-hydrogen) atoms. The normalized spacial score (nSPS) is 21.2. The van der Waals surface area contributed by atoms with Crippen molar-refractivity contribution in [2.24, 2.45) is 0 Å². The van der Waals surface area contributed by atoms with E-state index in [2.05, 4.69) is 4.98 Å². The van der Waals surface area contributed by atoms with E-state index in [9.17, 15) is 0 Å². The number of para-hydroxylation sites is 1. The second-order valence-corrected chi connectivity index (χ2v) is 6.02. The van der Waals surface area contributed by atoms with Crippen LogP contribution >= 0.6 is 0 Å². The zero-order valence-corrected chi connectivity index (χ0v) is 12.0. The van der Waals surface area contributed by atoms with Gasteiger partial charge in [0.25, 0.3) is 0 Å². The lowest BCUT2D eigenvalue weighted by molar-refractivity contribution is 0.00578. The van der Waals surface area contributed by atoms with Crippen LogP contribution in [0.3, 0.4) is 0 Å². The van der Waals surface area contributed by atoms with Crippen molar-refractivity contribution in [2.75, 3.05) is 0 Å². The minimum atomic E-state index is -0.404. The van der Waals surface area contributed by atoms with Crippen LogP contribution in [-0.4, -0.2) is 23.3 Å². The molecule has 0 bridgehead atoms. The fourth-order valence-corrected chi connectivity index (χ4v) is 2.24. The van der Waals surface area contributed by atoms with Gasteiger partial charge in [0.1, 0.15) is 5.52 Å². The van der Waals surface area contributed by atoms with Crippen molar-refractivity contribution in [1.82, 2.24) is 4.98 Å². The third kappa shape index (κ3) is 1.88. The predicted molar refractivity (Wildman–Crippen MR) is 74.5 cm³/mol. The molecule has 1 aliphatic rings. The quantitative estimate of drug-likeness (QED) is 0.738. The van der Waals surface area contributed by atoms with Crippen molar-refractivity contribution in [3.05, 3.63) is 24.1 Å². The van der Waals surface area contributed by atoms with Crippen LogP contribution in [0.25, 0.3) is 11.1 Å². The summed E-state index contributed by atoms with van der Waals surface area (Å²) in [5.74, 6) is 0.652. The van der Waals surface area contributed by atoms with Gasteiger partial charge >= 0.3 is 7.12 Å². The molecule has 0 spiro atoms. The van der Waals surface area contributed by atoms with Gasteiger partial charge in [-0.1, -0.05) is 12.1 Å². The van der Waals surface area contributed by atoms with Gasteiger partial charge in [-0.2, -0.15) is 0 Å². The third-order valence-corrected chi connectivity index (χ3v) is 4.06. The van der Waals surface area contributed by atoms with Gasteiger partial charge in [-0.25, -0.2) is 4.98 Å². The number of hydrogen-bond donors (Lipinski definition) is 0. The molecule has 1 aromatic carbocycles. The van der Waals surface area contributed by atoms with E-state index in [4.69, 9.17) is 13.7 Å². The smallest absolute Gasteiger partial charge is 0.441 e. The molecule has 5 heteroatoms. The predicted octanol–water partition coefficient (Wildman–Crippen LogP) is 2.44. The summed E-state index contributed by atoms with van der Waals surface area (Å²) < 4.78 is 17.7. The Labute approximate surface area is 113 Å². The molecule has 0 radical (unpaired) electrons. The summed E-state index contributed by atoms with van der Waals surface area (Å²) in [6, 6.07) is 5.82. The van der Waals surface area contributed by atoms with Gasteiger partial charge < -0.3 is 13.7 Å². The van der Waals surface area contributed by atoms with Crippen molar-refractivity contribution >= 4 is 23.7 Å². The molecule has 2 aromatic rings. The maximum Gasteiger partial charge on any atom is 0.497 e. The Morgan fingerprint density at radius 3 is 2.32 bits per heavy atom. The van der Waals surface area contributed by atoms with Crippen LogP contribution in [0.2, 0.25) is 0 Å². The van der Waals surface area contributed by atoms with Gasteiger partial charge in [0, 0.05) is 12.4 Å². The summed E-state index contributed by atoms with van der Waals surface area (Å²) in [7, 11) is -0.404. The maximum atomic E-state index is 6.06. The van der Waals surface area contributed by atoms with Crippen LogP contribution in [0.4, 0.5) is 0 Å². The minimum Gasteiger partial charge on any atom is -0.441 e. The van der Waals surface area contributed by atoms with Crippen molar-refractivity contribution in [2.45, 2.75) is 45.8 Å². The lowest BCUT2D eigenvalue weighted by atomic mass is 9.78. The summed E-state index contributed by atoms with van der Waals surface area (Å²) in [5, 5.41) is 0. The van der Waals surface area contributed by atoms with Gasteiger partial charge in [-0.05, 0) is 33.8 Å². The van der Waals surface area contributed by atoms with E-state index < -0.39 is 7.12 Å². The first-order valence-electron chi connectivity index (χ1n) is 6.52. The summed E-state index contributed by atoms with van der Waals surface area (Å²) >= 11 is 0. The summed E-state index contributed by atoms with van der Waals surface area (Å²) in [4.78, 5) is 4.43. The van der Waals surface area contributed by atoms with Gasteiger partial charge in [-0.3, -0.25) is 0 Å². The minimum absolute atomic E-state index is 0.349. The zero-order valence-electron chi connectivity index (χ0n) is 12.0. The molecule has 1 aromatic heterocycles. The topological polar surface area (TPSA) is 44.5 Å². The van der Waals surface area contributed by atoms with Crippen LogP contribution < -0.4 is 5.46 Å². The van der Waals surface area contributed by atoms with Crippen molar-refractivity contribution in [1.29, 1.82) is 0 Å². The zero-order chi connectivity index (χ0) is 13.8.